The Labute approximate surface area is 139 Å². The molecule has 11 heteroatoms. The molecule has 0 aromatic rings. The molecule has 1 aliphatic heterocycles. The number of piperidine rings is 1. The summed E-state index contributed by atoms with van der Waals surface area (Å²) in [6, 6.07) is -0.0871. The van der Waals surface area contributed by atoms with E-state index in [1.54, 1.807) is 25.7 Å². The zero-order valence-corrected chi connectivity index (χ0v) is 14.7. The van der Waals surface area contributed by atoms with Crippen molar-refractivity contribution in [3.8, 4) is 0 Å². The van der Waals surface area contributed by atoms with Gasteiger partial charge in [0.15, 0.2) is 0 Å². The van der Waals surface area contributed by atoms with Crippen LogP contribution in [0.15, 0.2) is 0 Å². The van der Waals surface area contributed by atoms with Gasteiger partial charge >= 0.3 is 21.7 Å². The van der Waals surface area contributed by atoms with Gasteiger partial charge in [-0.1, -0.05) is 0 Å². The SMILES string of the molecule is CC(C)(C)OC(=O)NC1CCN(CCOS(=O)(=O)C(F)(F)F)CC1. The maximum absolute atomic E-state index is 12.1. The maximum atomic E-state index is 12.1. The molecule has 0 saturated carbocycles. The Balaban J connectivity index is 2.28. The van der Waals surface area contributed by atoms with Gasteiger partial charge < -0.3 is 15.0 Å². The summed E-state index contributed by atoms with van der Waals surface area (Å²) in [5.74, 6) is 0. The first-order valence-corrected chi connectivity index (χ1v) is 8.88. The molecule has 0 spiro atoms. The minimum absolute atomic E-state index is 0.0640. The van der Waals surface area contributed by atoms with Crippen molar-refractivity contribution in [3.05, 3.63) is 0 Å². The van der Waals surface area contributed by atoms with E-state index in [4.69, 9.17) is 4.74 Å². The number of likely N-dealkylation sites (tertiary alicyclic amines) is 1. The largest absolute Gasteiger partial charge is 0.523 e. The van der Waals surface area contributed by atoms with Crippen molar-refractivity contribution < 1.29 is 35.3 Å². The van der Waals surface area contributed by atoms with E-state index in [9.17, 15) is 26.4 Å². The van der Waals surface area contributed by atoms with Crippen LogP contribution in [-0.2, 0) is 19.0 Å². The number of nitrogens with one attached hydrogen (secondary N) is 1. The Bertz CT molecular complexity index is 523. The van der Waals surface area contributed by atoms with E-state index in [2.05, 4.69) is 9.50 Å². The number of carbonyl (C=O) groups excluding carboxylic acids is 1. The number of alkyl halides is 3. The van der Waals surface area contributed by atoms with Crippen LogP contribution in [0.5, 0.6) is 0 Å². The molecule has 1 amide bonds. The van der Waals surface area contributed by atoms with Crippen molar-refractivity contribution in [2.45, 2.75) is 50.8 Å². The van der Waals surface area contributed by atoms with Gasteiger partial charge in [0.25, 0.3) is 0 Å². The van der Waals surface area contributed by atoms with E-state index in [0.29, 0.717) is 25.9 Å². The Hall–Kier alpha value is -1.07. The van der Waals surface area contributed by atoms with Crippen molar-refractivity contribution in [1.82, 2.24) is 10.2 Å². The molecule has 142 valence electrons. The summed E-state index contributed by atoms with van der Waals surface area (Å²) in [5, 5.41) is 2.73. The highest BCUT2D eigenvalue weighted by atomic mass is 32.2. The summed E-state index contributed by atoms with van der Waals surface area (Å²) in [6.07, 6.45) is 0.664. The second-order valence-corrected chi connectivity index (χ2v) is 8.09. The first-order chi connectivity index (χ1) is 10.8. The molecule has 1 N–H and O–H groups in total. The van der Waals surface area contributed by atoms with Crippen LogP contribution < -0.4 is 5.32 Å². The van der Waals surface area contributed by atoms with Gasteiger partial charge in [-0.2, -0.15) is 21.6 Å². The lowest BCUT2D eigenvalue weighted by molar-refractivity contribution is -0.0546. The molecule has 0 bridgehead atoms. The summed E-state index contributed by atoms with van der Waals surface area (Å²) in [7, 11) is -5.54. The fourth-order valence-corrected chi connectivity index (χ4v) is 2.55. The predicted molar refractivity (Wildman–Crippen MR) is 79.8 cm³/mol. The van der Waals surface area contributed by atoms with Crippen LogP contribution in [0.25, 0.3) is 0 Å². The van der Waals surface area contributed by atoms with Gasteiger partial charge in [-0.15, -0.1) is 0 Å². The molecule has 1 saturated heterocycles. The number of hydrogen-bond donors (Lipinski definition) is 1. The summed E-state index contributed by atoms with van der Waals surface area (Å²) in [5.41, 5.74) is -6.00. The van der Waals surface area contributed by atoms with Crippen molar-refractivity contribution >= 4 is 16.2 Å². The third-order valence-electron chi connectivity index (χ3n) is 3.24. The minimum atomic E-state index is -5.54. The quantitative estimate of drug-likeness (QED) is 0.582. The maximum Gasteiger partial charge on any atom is 0.523 e. The number of amides is 1. The number of halogens is 3. The number of ether oxygens (including phenoxy) is 1. The lowest BCUT2D eigenvalue weighted by atomic mass is 10.1. The molecule has 1 aliphatic rings. The summed E-state index contributed by atoms with van der Waals surface area (Å²) in [6.45, 7) is 5.78. The van der Waals surface area contributed by atoms with E-state index >= 15 is 0 Å². The topological polar surface area (TPSA) is 84.9 Å². The summed E-state index contributed by atoms with van der Waals surface area (Å²) >= 11 is 0. The zero-order chi connectivity index (χ0) is 18.6. The van der Waals surface area contributed by atoms with E-state index in [-0.39, 0.29) is 12.6 Å². The Morgan fingerprint density at radius 2 is 1.75 bits per heavy atom. The normalized spacial score (nSPS) is 18.4. The molecule has 0 aromatic carbocycles. The standard InChI is InChI=1S/C13H23F3N2O5S/c1-12(2,3)23-11(19)17-10-4-6-18(7-5-10)8-9-22-24(20,21)13(14,15)16/h10H,4-9H2,1-3H3,(H,17,19). The molecule has 0 aliphatic carbocycles. The lowest BCUT2D eigenvalue weighted by Gasteiger charge is -2.32. The number of carbonyl (C=O) groups is 1. The molecular weight excluding hydrogens is 353 g/mol. The third kappa shape index (κ3) is 7.22. The second kappa shape index (κ2) is 7.87. The average molecular weight is 376 g/mol. The van der Waals surface area contributed by atoms with Crippen LogP contribution in [0.2, 0.25) is 0 Å². The molecule has 1 fully saturated rings. The van der Waals surface area contributed by atoms with Gasteiger partial charge in [-0.25, -0.2) is 4.79 Å². The average Bonchev–Trinajstić information content (AvgIpc) is 2.37. The minimum Gasteiger partial charge on any atom is -0.444 e. The molecule has 1 rings (SSSR count). The Kier molecular flexibility index (Phi) is 6.88. The Morgan fingerprint density at radius 3 is 2.21 bits per heavy atom. The highest BCUT2D eigenvalue weighted by Gasteiger charge is 2.47. The first kappa shape index (κ1) is 21.0. The van der Waals surface area contributed by atoms with Crippen molar-refractivity contribution in [2.24, 2.45) is 0 Å². The monoisotopic (exact) mass is 376 g/mol. The molecule has 0 radical (unpaired) electrons. The molecule has 0 unspecified atom stereocenters. The van der Waals surface area contributed by atoms with Crippen LogP contribution in [0.4, 0.5) is 18.0 Å². The number of nitrogens with zero attached hydrogens (tertiary/aromatic N) is 1. The molecular formula is C13H23F3N2O5S. The fraction of sp³-hybridized carbons (Fsp3) is 0.923. The number of rotatable bonds is 5. The number of alkyl carbamates (subject to hydrolysis) is 1. The second-order valence-electron chi connectivity index (χ2n) is 6.48. The lowest BCUT2D eigenvalue weighted by Crippen LogP contribution is -2.46. The van der Waals surface area contributed by atoms with Crippen LogP contribution in [0.3, 0.4) is 0 Å². The molecule has 0 atom stereocenters. The van der Waals surface area contributed by atoms with E-state index in [0.717, 1.165) is 0 Å². The van der Waals surface area contributed by atoms with Gasteiger partial charge in [0.2, 0.25) is 0 Å². The van der Waals surface area contributed by atoms with Crippen LogP contribution in [0.1, 0.15) is 33.6 Å². The number of hydrogen-bond acceptors (Lipinski definition) is 6. The van der Waals surface area contributed by atoms with Crippen molar-refractivity contribution in [1.29, 1.82) is 0 Å². The summed E-state index contributed by atoms with van der Waals surface area (Å²) < 4.78 is 66.9. The zero-order valence-electron chi connectivity index (χ0n) is 13.9. The molecule has 7 nitrogen and oxygen atoms in total. The Morgan fingerprint density at radius 1 is 1.21 bits per heavy atom. The smallest absolute Gasteiger partial charge is 0.444 e. The first-order valence-electron chi connectivity index (χ1n) is 7.48. The van der Waals surface area contributed by atoms with E-state index in [1.165, 1.54) is 0 Å². The molecule has 1 heterocycles. The van der Waals surface area contributed by atoms with E-state index < -0.39 is 33.9 Å². The van der Waals surface area contributed by atoms with Crippen molar-refractivity contribution in [2.75, 3.05) is 26.2 Å². The molecule has 24 heavy (non-hydrogen) atoms. The van der Waals surface area contributed by atoms with E-state index in [1.807, 2.05) is 0 Å². The van der Waals surface area contributed by atoms with Crippen LogP contribution >= 0.6 is 0 Å². The van der Waals surface area contributed by atoms with Gasteiger partial charge in [0, 0.05) is 25.7 Å². The third-order valence-corrected chi connectivity index (χ3v) is 4.28. The highest BCUT2D eigenvalue weighted by molar-refractivity contribution is 7.87. The van der Waals surface area contributed by atoms with Gasteiger partial charge in [0.05, 0.1) is 6.61 Å². The molecule has 0 aromatic heterocycles. The predicted octanol–water partition coefficient (Wildman–Crippen LogP) is 1.84. The van der Waals surface area contributed by atoms with Gasteiger partial charge in [-0.05, 0) is 33.6 Å². The van der Waals surface area contributed by atoms with Gasteiger partial charge in [0.1, 0.15) is 5.60 Å². The van der Waals surface area contributed by atoms with Crippen molar-refractivity contribution in [3.63, 3.8) is 0 Å². The summed E-state index contributed by atoms with van der Waals surface area (Å²) in [4.78, 5) is 13.4. The highest BCUT2D eigenvalue weighted by Crippen LogP contribution is 2.24. The van der Waals surface area contributed by atoms with Crippen LogP contribution in [0, 0.1) is 0 Å². The van der Waals surface area contributed by atoms with Gasteiger partial charge in [-0.3, -0.25) is 4.18 Å². The van der Waals surface area contributed by atoms with Crippen LogP contribution in [-0.4, -0.2) is 62.8 Å². The fourth-order valence-electron chi connectivity index (χ4n) is 2.12.